The molecule has 0 aromatic carbocycles. The fourth-order valence-corrected chi connectivity index (χ4v) is 1.15. The van der Waals surface area contributed by atoms with Gasteiger partial charge < -0.3 is 0 Å². The molecule has 50 valence electrons. The van der Waals surface area contributed by atoms with Crippen LogP contribution in [-0.4, -0.2) is 29.4 Å². The van der Waals surface area contributed by atoms with E-state index in [0.717, 1.165) is 12.4 Å². The lowest BCUT2D eigenvalue weighted by atomic mass is 10.9. The van der Waals surface area contributed by atoms with Crippen LogP contribution in [0.4, 0.5) is 0 Å². The van der Waals surface area contributed by atoms with Crippen LogP contribution in [0.2, 0.25) is 0 Å². The molecule has 0 atom stereocenters. The third kappa shape index (κ3) is 2.05. The molecule has 3 nitrogen and oxygen atoms in total. The normalized spacial score (nSPS) is 16.8. The first kappa shape index (κ1) is 6.61. The van der Waals surface area contributed by atoms with Gasteiger partial charge in [-0.3, -0.25) is 9.30 Å². The van der Waals surface area contributed by atoms with Gasteiger partial charge in [-0.15, -0.1) is 0 Å². The van der Waals surface area contributed by atoms with E-state index in [0.29, 0.717) is 0 Å². The van der Waals surface area contributed by atoms with Crippen molar-refractivity contribution >= 4 is 24.6 Å². The topological polar surface area (TPSA) is 28.0 Å². The number of aliphatic imine (C=N–C) groups is 2. The standard InChI is InChI=1S/C5H9N3S/c1-2-9-8-4-6-3-7-5-8/h3-4H,2,5H2,1H3. The second-order valence-electron chi connectivity index (χ2n) is 1.54. The maximum absolute atomic E-state index is 3.96. The predicted molar refractivity (Wildman–Crippen MR) is 41.8 cm³/mol. The first-order valence-corrected chi connectivity index (χ1v) is 3.79. The Morgan fingerprint density at radius 2 is 2.67 bits per heavy atom. The Morgan fingerprint density at radius 3 is 3.22 bits per heavy atom. The zero-order valence-electron chi connectivity index (χ0n) is 5.32. The van der Waals surface area contributed by atoms with Crippen LogP contribution in [0, 0.1) is 0 Å². The third-order valence-electron chi connectivity index (χ3n) is 0.860. The molecule has 4 heteroatoms. The fourth-order valence-electron chi connectivity index (χ4n) is 0.545. The van der Waals surface area contributed by atoms with Gasteiger partial charge in [0.15, 0.2) is 0 Å². The van der Waals surface area contributed by atoms with E-state index in [4.69, 9.17) is 0 Å². The van der Waals surface area contributed by atoms with Crippen molar-refractivity contribution in [2.45, 2.75) is 6.92 Å². The molecule has 0 amide bonds. The van der Waals surface area contributed by atoms with Crippen LogP contribution >= 0.6 is 11.9 Å². The molecule has 1 aliphatic heterocycles. The maximum Gasteiger partial charge on any atom is 0.123 e. The molecule has 0 fully saturated rings. The van der Waals surface area contributed by atoms with Crippen molar-refractivity contribution in [3.8, 4) is 0 Å². The van der Waals surface area contributed by atoms with Crippen molar-refractivity contribution in [2.75, 3.05) is 12.4 Å². The summed E-state index contributed by atoms with van der Waals surface area (Å²) < 4.78 is 2.00. The zero-order chi connectivity index (χ0) is 6.53. The Bertz CT molecular complexity index is 132. The molecule has 0 saturated carbocycles. The van der Waals surface area contributed by atoms with Crippen molar-refractivity contribution in [3.63, 3.8) is 0 Å². The largest absolute Gasteiger partial charge is 0.285 e. The van der Waals surface area contributed by atoms with Gasteiger partial charge in [-0.1, -0.05) is 6.92 Å². The first-order valence-electron chi connectivity index (χ1n) is 2.84. The highest BCUT2D eigenvalue weighted by molar-refractivity contribution is 7.97. The summed E-state index contributed by atoms with van der Waals surface area (Å²) in [5.74, 6) is 1.07. The number of nitrogens with zero attached hydrogens (tertiary/aromatic N) is 3. The second kappa shape index (κ2) is 3.50. The van der Waals surface area contributed by atoms with Crippen molar-refractivity contribution in [1.29, 1.82) is 0 Å². The monoisotopic (exact) mass is 143 g/mol. The molecular formula is C5H9N3S. The lowest BCUT2D eigenvalue weighted by Crippen LogP contribution is -2.16. The van der Waals surface area contributed by atoms with E-state index < -0.39 is 0 Å². The number of hydrogen-bond acceptors (Lipinski definition) is 4. The van der Waals surface area contributed by atoms with Gasteiger partial charge in [0.25, 0.3) is 0 Å². The minimum absolute atomic E-state index is 0.738. The molecule has 1 heterocycles. The summed E-state index contributed by atoms with van der Waals surface area (Å²) in [6.07, 6.45) is 3.37. The molecular weight excluding hydrogens is 134 g/mol. The highest BCUT2D eigenvalue weighted by atomic mass is 32.2. The summed E-state index contributed by atoms with van der Waals surface area (Å²) in [4.78, 5) is 7.82. The van der Waals surface area contributed by atoms with Gasteiger partial charge in [0.1, 0.15) is 19.3 Å². The molecule has 0 aromatic rings. The van der Waals surface area contributed by atoms with Gasteiger partial charge in [0, 0.05) is 5.75 Å². The third-order valence-corrected chi connectivity index (χ3v) is 1.66. The summed E-state index contributed by atoms with van der Waals surface area (Å²) in [7, 11) is 0. The van der Waals surface area contributed by atoms with Crippen LogP contribution in [0.5, 0.6) is 0 Å². The van der Waals surface area contributed by atoms with Crippen LogP contribution < -0.4 is 0 Å². The number of rotatable bonds is 2. The van der Waals surface area contributed by atoms with Gasteiger partial charge in [0.2, 0.25) is 0 Å². The second-order valence-corrected chi connectivity index (χ2v) is 2.84. The lowest BCUT2D eigenvalue weighted by Gasteiger charge is -2.15. The Kier molecular flexibility index (Phi) is 2.57. The van der Waals surface area contributed by atoms with Crippen LogP contribution in [0.3, 0.4) is 0 Å². The Hall–Kier alpha value is -0.510. The summed E-state index contributed by atoms with van der Waals surface area (Å²) in [5, 5.41) is 0. The van der Waals surface area contributed by atoms with E-state index in [-0.39, 0.29) is 0 Å². The van der Waals surface area contributed by atoms with E-state index in [1.807, 2.05) is 4.31 Å². The maximum atomic E-state index is 3.96. The quantitative estimate of drug-likeness (QED) is 0.539. The Balaban J connectivity index is 2.28. The molecule has 0 unspecified atom stereocenters. The van der Waals surface area contributed by atoms with E-state index >= 15 is 0 Å². The van der Waals surface area contributed by atoms with Crippen molar-refractivity contribution in [3.05, 3.63) is 0 Å². The lowest BCUT2D eigenvalue weighted by molar-refractivity contribution is 0.705. The van der Waals surface area contributed by atoms with E-state index in [9.17, 15) is 0 Å². The summed E-state index contributed by atoms with van der Waals surface area (Å²) in [6.45, 7) is 2.85. The first-order chi connectivity index (χ1) is 4.43. The molecule has 0 aliphatic carbocycles. The van der Waals surface area contributed by atoms with Crippen molar-refractivity contribution in [2.24, 2.45) is 9.98 Å². The van der Waals surface area contributed by atoms with Crippen LogP contribution in [0.1, 0.15) is 6.92 Å². The van der Waals surface area contributed by atoms with Crippen molar-refractivity contribution < 1.29 is 0 Å². The van der Waals surface area contributed by atoms with Crippen LogP contribution in [0.25, 0.3) is 0 Å². The average molecular weight is 143 g/mol. The Labute approximate surface area is 59.0 Å². The molecule has 1 aliphatic rings. The van der Waals surface area contributed by atoms with Crippen LogP contribution in [-0.2, 0) is 0 Å². The predicted octanol–water partition coefficient (Wildman–Crippen LogP) is 0.984. The molecule has 0 N–H and O–H groups in total. The van der Waals surface area contributed by atoms with Gasteiger partial charge in [-0.25, -0.2) is 4.99 Å². The average Bonchev–Trinajstić information content (AvgIpc) is 1.91. The summed E-state index contributed by atoms with van der Waals surface area (Å²) in [5.41, 5.74) is 0. The van der Waals surface area contributed by atoms with E-state index in [2.05, 4.69) is 16.9 Å². The van der Waals surface area contributed by atoms with Gasteiger partial charge in [0.05, 0.1) is 0 Å². The van der Waals surface area contributed by atoms with E-state index in [1.54, 1.807) is 24.6 Å². The van der Waals surface area contributed by atoms with E-state index in [1.165, 1.54) is 0 Å². The highest BCUT2D eigenvalue weighted by Crippen LogP contribution is 2.06. The van der Waals surface area contributed by atoms with Gasteiger partial charge in [-0.2, -0.15) is 0 Å². The minimum atomic E-state index is 0.738. The summed E-state index contributed by atoms with van der Waals surface area (Å²) >= 11 is 1.72. The Morgan fingerprint density at radius 1 is 1.78 bits per heavy atom. The van der Waals surface area contributed by atoms with Gasteiger partial charge >= 0.3 is 0 Å². The van der Waals surface area contributed by atoms with Gasteiger partial charge in [-0.05, 0) is 11.9 Å². The molecule has 0 saturated heterocycles. The fraction of sp³-hybridized carbons (Fsp3) is 0.600. The molecule has 0 spiro atoms. The highest BCUT2D eigenvalue weighted by Gasteiger charge is 1.97. The minimum Gasteiger partial charge on any atom is -0.285 e. The molecule has 0 bridgehead atoms. The van der Waals surface area contributed by atoms with Crippen LogP contribution in [0.15, 0.2) is 9.98 Å². The molecule has 9 heavy (non-hydrogen) atoms. The number of hydrogen-bond donors (Lipinski definition) is 0. The molecule has 0 radical (unpaired) electrons. The zero-order valence-corrected chi connectivity index (χ0v) is 6.14. The molecule has 1 rings (SSSR count). The van der Waals surface area contributed by atoms with Crippen molar-refractivity contribution in [1.82, 2.24) is 4.31 Å². The summed E-state index contributed by atoms with van der Waals surface area (Å²) in [6, 6.07) is 0. The smallest absolute Gasteiger partial charge is 0.123 e. The SMILES string of the molecule is CCSN1C=NC=NC1. The molecule has 0 aromatic heterocycles.